The van der Waals surface area contributed by atoms with E-state index in [0.717, 1.165) is 11.3 Å². The summed E-state index contributed by atoms with van der Waals surface area (Å²) in [6.45, 7) is 0. The van der Waals surface area contributed by atoms with Gasteiger partial charge in [-0.3, -0.25) is 14.9 Å². The number of nitro benzene ring substituents is 1. The number of nitrogens with one attached hydrogen (secondary N) is 1. The number of hydrogen-bond acceptors (Lipinski definition) is 5. The van der Waals surface area contributed by atoms with Crippen LogP contribution in [-0.4, -0.2) is 17.9 Å². The first-order valence-corrected chi connectivity index (χ1v) is 8.01. The van der Waals surface area contributed by atoms with E-state index >= 15 is 0 Å². The lowest BCUT2D eigenvalue weighted by atomic mass is 10.2. The molecule has 0 bridgehead atoms. The highest BCUT2D eigenvalue weighted by atomic mass is 35.5. The highest BCUT2D eigenvalue weighted by Gasteiger charge is 2.19. The number of non-ortho nitro benzene ring substituents is 1. The van der Waals surface area contributed by atoms with Crippen molar-refractivity contribution in [1.29, 1.82) is 0 Å². The topological polar surface area (TPSA) is 81.5 Å². The van der Waals surface area contributed by atoms with Gasteiger partial charge in [-0.25, -0.2) is 0 Å². The lowest BCUT2D eigenvalue weighted by Gasteiger charge is -2.06. The quantitative estimate of drug-likeness (QED) is 0.537. The number of hydrogen-bond donors (Lipinski definition) is 1. The molecule has 0 aliphatic heterocycles. The van der Waals surface area contributed by atoms with Gasteiger partial charge in [-0.15, -0.1) is 11.3 Å². The molecule has 1 amide bonds. The lowest BCUT2D eigenvalue weighted by Crippen LogP contribution is -2.10. The summed E-state index contributed by atoms with van der Waals surface area (Å²) in [6, 6.07) is 11.3. The van der Waals surface area contributed by atoms with E-state index in [-0.39, 0.29) is 16.6 Å². The maximum absolute atomic E-state index is 12.5. The van der Waals surface area contributed by atoms with Gasteiger partial charge in [0.25, 0.3) is 11.6 Å². The third kappa shape index (κ3) is 3.04. The molecule has 3 aromatic rings. The molecule has 6 nitrogen and oxygen atoms in total. The maximum Gasteiger partial charge on any atom is 0.270 e. The zero-order chi connectivity index (χ0) is 17.3. The third-order valence-corrected chi connectivity index (χ3v) is 5.01. The number of carbonyl (C=O) groups excluding carboxylic acids is 1. The van der Waals surface area contributed by atoms with Crippen molar-refractivity contribution in [1.82, 2.24) is 0 Å². The molecule has 8 heteroatoms. The molecule has 2 aromatic carbocycles. The monoisotopic (exact) mass is 362 g/mol. The third-order valence-electron chi connectivity index (χ3n) is 3.36. The predicted molar refractivity (Wildman–Crippen MR) is 94.4 cm³/mol. The van der Waals surface area contributed by atoms with Gasteiger partial charge in [0.2, 0.25) is 0 Å². The van der Waals surface area contributed by atoms with E-state index in [1.807, 2.05) is 0 Å². The molecule has 0 aliphatic rings. The zero-order valence-electron chi connectivity index (χ0n) is 12.4. The zero-order valence-corrected chi connectivity index (χ0v) is 14.0. The van der Waals surface area contributed by atoms with Crippen molar-refractivity contribution in [2.24, 2.45) is 0 Å². The van der Waals surface area contributed by atoms with Crippen molar-refractivity contribution in [3.63, 3.8) is 0 Å². The van der Waals surface area contributed by atoms with E-state index in [1.54, 1.807) is 30.3 Å². The van der Waals surface area contributed by atoms with E-state index in [4.69, 9.17) is 16.3 Å². The minimum Gasteiger partial charge on any atom is -0.497 e. The van der Waals surface area contributed by atoms with Crippen molar-refractivity contribution in [3.05, 3.63) is 62.5 Å². The van der Waals surface area contributed by atoms with Gasteiger partial charge in [0, 0.05) is 34.0 Å². The summed E-state index contributed by atoms with van der Waals surface area (Å²) in [7, 11) is 1.54. The van der Waals surface area contributed by atoms with Gasteiger partial charge >= 0.3 is 0 Å². The number of nitro groups is 1. The number of fused-ring (bicyclic) bond motifs is 1. The van der Waals surface area contributed by atoms with E-state index in [0.29, 0.717) is 26.4 Å². The van der Waals surface area contributed by atoms with Crippen LogP contribution in [0.4, 0.5) is 11.4 Å². The molecule has 3 rings (SSSR count). The van der Waals surface area contributed by atoms with E-state index < -0.39 is 4.92 Å². The number of ether oxygens (including phenoxy) is 1. The molecule has 0 radical (unpaired) electrons. The number of anilines is 1. The largest absolute Gasteiger partial charge is 0.497 e. The first-order chi connectivity index (χ1) is 11.5. The smallest absolute Gasteiger partial charge is 0.270 e. The highest BCUT2D eigenvalue weighted by molar-refractivity contribution is 7.21. The normalized spacial score (nSPS) is 10.6. The average molecular weight is 363 g/mol. The molecular formula is C16H11ClN2O4S. The number of halogens is 1. The molecule has 0 saturated heterocycles. The summed E-state index contributed by atoms with van der Waals surface area (Å²) in [5, 5.41) is 14.5. The Balaban J connectivity index is 1.94. The Morgan fingerprint density at radius 3 is 2.79 bits per heavy atom. The van der Waals surface area contributed by atoms with Crippen LogP contribution in [0.25, 0.3) is 10.1 Å². The summed E-state index contributed by atoms with van der Waals surface area (Å²) in [6.07, 6.45) is 0. The summed E-state index contributed by atoms with van der Waals surface area (Å²) in [5.74, 6) is 0.239. The molecule has 0 aliphatic carbocycles. The second-order valence-corrected chi connectivity index (χ2v) is 6.30. The standard InChI is InChI=1S/C16H11ClN2O4S/c1-23-11-4-2-3-9(7-11)18-16(20)15-14(17)12-6-5-10(19(21)22)8-13(12)24-15/h2-8H,1H3,(H,18,20). The number of carbonyl (C=O) groups is 1. The fourth-order valence-electron chi connectivity index (χ4n) is 2.20. The van der Waals surface area contributed by atoms with Gasteiger partial charge in [-0.1, -0.05) is 17.7 Å². The van der Waals surface area contributed by atoms with Crippen LogP contribution >= 0.6 is 22.9 Å². The highest BCUT2D eigenvalue weighted by Crippen LogP contribution is 2.37. The first kappa shape index (κ1) is 16.2. The SMILES string of the molecule is COc1cccc(NC(=O)c2sc3cc([N+](=O)[O-])ccc3c2Cl)c1. The Morgan fingerprint density at radius 1 is 1.29 bits per heavy atom. The van der Waals surface area contributed by atoms with Crippen molar-refractivity contribution < 1.29 is 14.5 Å². The van der Waals surface area contributed by atoms with Crippen LogP contribution < -0.4 is 10.1 Å². The van der Waals surface area contributed by atoms with Crippen LogP contribution in [0.3, 0.4) is 0 Å². The minimum absolute atomic E-state index is 0.0415. The molecule has 1 aromatic heterocycles. The molecule has 122 valence electrons. The van der Waals surface area contributed by atoms with Crippen molar-refractivity contribution in [2.45, 2.75) is 0 Å². The van der Waals surface area contributed by atoms with Gasteiger partial charge in [0.15, 0.2) is 0 Å². The van der Waals surface area contributed by atoms with E-state index in [9.17, 15) is 14.9 Å². The van der Waals surface area contributed by atoms with Crippen LogP contribution in [0, 0.1) is 10.1 Å². The number of benzene rings is 2. The molecule has 1 N–H and O–H groups in total. The van der Waals surface area contributed by atoms with Gasteiger partial charge in [-0.2, -0.15) is 0 Å². The van der Waals surface area contributed by atoms with Crippen molar-refractivity contribution >= 4 is 50.3 Å². The van der Waals surface area contributed by atoms with Gasteiger partial charge in [0.05, 0.1) is 17.1 Å². The molecule has 0 saturated carbocycles. The van der Waals surface area contributed by atoms with Gasteiger partial charge in [0.1, 0.15) is 10.6 Å². The maximum atomic E-state index is 12.5. The van der Waals surface area contributed by atoms with Crippen LogP contribution in [0.15, 0.2) is 42.5 Å². The molecule has 0 atom stereocenters. The minimum atomic E-state index is -0.483. The second-order valence-electron chi connectivity index (χ2n) is 4.87. The fraction of sp³-hybridized carbons (Fsp3) is 0.0625. The number of rotatable bonds is 4. The van der Waals surface area contributed by atoms with E-state index in [2.05, 4.69) is 5.32 Å². The Kier molecular flexibility index (Phi) is 4.37. The van der Waals surface area contributed by atoms with Crippen molar-refractivity contribution in [2.75, 3.05) is 12.4 Å². The second kappa shape index (κ2) is 6.46. The number of nitrogens with zero attached hydrogens (tertiary/aromatic N) is 1. The predicted octanol–water partition coefficient (Wildman–Crippen LogP) is 4.72. The van der Waals surface area contributed by atoms with Gasteiger partial charge in [-0.05, 0) is 18.2 Å². The Morgan fingerprint density at radius 2 is 2.08 bits per heavy atom. The lowest BCUT2D eigenvalue weighted by molar-refractivity contribution is -0.384. The Bertz CT molecular complexity index is 954. The molecule has 0 spiro atoms. The molecule has 24 heavy (non-hydrogen) atoms. The summed E-state index contributed by atoms with van der Waals surface area (Å²) >= 11 is 7.38. The number of methoxy groups -OCH3 is 1. The Hall–Kier alpha value is -2.64. The van der Waals surface area contributed by atoms with E-state index in [1.165, 1.54) is 19.2 Å². The molecule has 0 unspecified atom stereocenters. The Labute approximate surface area is 145 Å². The van der Waals surface area contributed by atoms with Gasteiger partial charge < -0.3 is 10.1 Å². The van der Waals surface area contributed by atoms with Crippen molar-refractivity contribution in [3.8, 4) is 5.75 Å². The first-order valence-electron chi connectivity index (χ1n) is 6.81. The van der Waals surface area contributed by atoms with Crippen LogP contribution in [0.2, 0.25) is 5.02 Å². The molecule has 0 fully saturated rings. The fourth-order valence-corrected chi connectivity index (χ4v) is 3.65. The summed E-state index contributed by atoms with van der Waals surface area (Å²) < 4.78 is 5.70. The molecule has 1 heterocycles. The van der Waals surface area contributed by atoms with Crippen LogP contribution in [0.1, 0.15) is 9.67 Å². The summed E-state index contributed by atoms with van der Waals surface area (Å²) in [5.41, 5.74) is 0.527. The number of thiophene rings is 1. The van der Waals surface area contributed by atoms with Crippen LogP contribution in [0.5, 0.6) is 5.75 Å². The number of amides is 1. The average Bonchev–Trinajstić information content (AvgIpc) is 2.91. The molecular weight excluding hydrogens is 352 g/mol. The van der Waals surface area contributed by atoms with Crippen LogP contribution in [-0.2, 0) is 0 Å². The summed E-state index contributed by atoms with van der Waals surface area (Å²) in [4.78, 5) is 23.1.